The van der Waals surface area contributed by atoms with E-state index in [1.807, 2.05) is 36.1 Å². The van der Waals surface area contributed by atoms with Crippen molar-refractivity contribution in [3.8, 4) is 5.75 Å². The van der Waals surface area contributed by atoms with Crippen LogP contribution in [0.15, 0.2) is 48.5 Å². The van der Waals surface area contributed by atoms with E-state index in [-0.39, 0.29) is 11.6 Å². The molecule has 0 unspecified atom stereocenters. The Morgan fingerprint density at radius 2 is 1.67 bits per heavy atom. The summed E-state index contributed by atoms with van der Waals surface area (Å²) in [6, 6.07) is 14.3. The fourth-order valence-electron chi connectivity index (χ4n) is 3.05. The number of hydrogen-bond donors (Lipinski definition) is 0. The van der Waals surface area contributed by atoms with E-state index in [2.05, 4.69) is 4.90 Å². The third kappa shape index (κ3) is 4.97. The van der Waals surface area contributed by atoms with E-state index in [0.717, 1.165) is 11.4 Å². The lowest BCUT2D eigenvalue weighted by atomic mass is 10.2. The van der Waals surface area contributed by atoms with Crippen LogP contribution in [-0.4, -0.2) is 48.5 Å². The van der Waals surface area contributed by atoms with Crippen LogP contribution in [0.2, 0.25) is 0 Å². The lowest BCUT2D eigenvalue weighted by molar-refractivity contribution is -0.384. The van der Waals surface area contributed by atoms with E-state index < -0.39 is 4.92 Å². The second-order valence-corrected chi connectivity index (χ2v) is 6.55. The number of nitrogens with zero attached hydrogens (tertiary/aromatic N) is 3. The van der Waals surface area contributed by atoms with Gasteiger partial charge < -0.3 is 14.5 Å². The molecule has 1 amide bonds. The van der Waals surface area contributed by atoms with Crippen LogP contribution in [0.5, 0.6) is 5.75 Å². The van der Waals surface area contributed by atoms with E-state index in [0.29, 0.717) is 39.2 Å². The van der Waals surface area contributed by atoms with Gasteiger partial charge in [0.1, 0.15) is 5.75 Å². The maximum atomic E-state index is 12.4. The summed E-state index contributed by atoms with van der Waals surface area (Å²) < 4.78 is 5.63. The summed E-state index contributed by atoms with van der Waals surface area (Å²) in [7, 11) is 0. The highest BCUT2D eigenvalue weighted by atomic mass is 16.6. The van der Waals surface area contributed by atoms with Crippen molar-refractivity contribution in [3.05, 3.63) is 64.2 Å². The summed E-state index contributed by atoms with van der Waals surface area (Å²) in [4.78, 5) is 26.7. The fraction of sp³-hybridized carbons (Fsp3) is 0.350. The van der Waals surface area contributed by atoms with Gasteiger partial charge in [0, 0.05) is 44.0 Å². The van der Waals surface area contributed by atoms with E-state index in [4.69, 9.17) is 4.74 Å². The number of carbonyl (C=O) groups is 1. The molecule has 1 saturated heterocycles. The standard InChI is InChI=1S/C20H23N3O4/c1-16-2-8-19(9-3-16)27-15-10-20(24)22-13-11-21(12-14-22)17-4-6-18(7-5-17)23(25)26/h2-9H,10-15H2,1H3. The number of aryl methyl sites for hydroxylation is 1. The van der Waals surface area contributed by atoms with Crippen LogP contribution < -0.4 is 9.64 Å². The molecule has 7 nitrogen and oxygen atoms in total. The van der Waals surface area contributed by atoms with Crippen molar-refractivity contribution in [2.24, 2.45) is 0 Å². The Bertz CT molecular complexity index is 782. The van der Waals surface area contributed by atoms with E-state index in [1.54, 1.807) is 12.1 Å². The van der Waals surface area contributed by atoms with Crippen LogP contribution in [0.4, 0.5) is 11.4 Å². The van der Waals surface area contributed by atoms with Gasteiger partial charge in [0.15, 0.2) is 0 Å². The maximum Gasteiger partial charge on any atom is 0.269 e. The molecule has 0 aromatic heterocycles. The molecular formula is C20H23N3O4. The molecule has 2 aromatic rings. The van der Waals surface area contributed by atoms with Gasteiger partial charge in [-0.3, -0.25) is 14.9 Å². The first kappa shape index (κ1) is 18.7. The topological polar surface area (TPSA) is 75.9 Å². The molecule has 0 spiro atoms. The fourth-order valence-corrected chi connectivity index (χ4v) is 3.05. The first-order valence-corrected chi connectivity index (χ1v) is 8.99. The molecule has 0 atom stereocenters. The summed E-state index contributed by atoms with van der Waals surface area (Å²) >= 11 is 0. The van der Waals surface area contributed by atoms with Crippen molar-refractivity contribution < 1.29 is 14.5 Å². The zero-order valence-electron chi connectivity index (χ0n) is 15.3. The summed E-state index contributed by atoms with van der Waals surface area (Å²) in [6.07, 6.45) is 0.353. The monoisotopic (exact) mass is 369 g/mol. The van der Waals surface area contributed by atoms with E-state index in [9.17, 15) is 14.9 Å². The van der Waals surface area contributed by atoms with Crippen LogP contribution in [0.1, 0.15) is 12.0 Å². The van der Waals surface area contributed by atoms with Gasteiger partial charge in [0.05, 0.1) is 18.0 Å². The van der Waals surface area contributed by atoms with E-state index >= 15 is 0 Å². The number of piperazine rings is 1. The minimum absolute atomic E-state index is 0.0844. The summed E-state index contributed by atoms with van der Waals surface area (Å²) in [5.41, 5.74) is 2.20. The molecule has 0 aliphatic carbocycles. The number of nitro groups is 1. The number of non-ortho nitro benzene ring substituents is 1. The summed E-state index contributed by atoms with van der Waals surface area (Å²) in [6.45, 7) is 5.08. The maximum absolute atomic E-state index is 12.4. The van der Waals surface area contributed by atoms with Crippen molar-refractivity contribution in [1.82, 2.24) is 4.90 Å². The highest BCUT2D eigenvalue weighted by Crippen LogP contribution is 2.21. The number of ether oxygens (including phenoxy) is 1. The first-order chi connectivity index (χ1) is 13.0. The Morgan fingerprint density at radius 1 is 1.04 bits per heavy atom. The predicted octanol–water partition coefficient (Wildman–Crippen LogP) is 3.02. The van der Waals surface area contributed by atoms with E-state index in [1.165, 1.54) is 17.7 Å². The molecule has 0 bridgehead atoms. The van der Waals surface area contributed by atoms with Crippen molar-refractivity contribution in [1.29, 1.82) is 0 Å². The molecule has 1 aliphatic heterocycles. The van der Waals surface area contributed by atoms with Gasteiger partial charge >= 0.3 is 0 Å². The molecule has 2 aromatic carbocycles. The predicted molar refractivity (Wildman–Crippen MR) is 103 cm³/mol. The molecule has 0 saturated carbocycles. The minimum atomic E-state index is -0.404. The molecule has 3 rings (SSSR count). The zero-order valence-corrected chi connectivity index (χ0v) is 15.3. The number of rotatable bonds is 6. The Morgan fingerprint density at radius 3 is 2.26 bits per heavy atom. The molecular weight excluding hydrogens is 346 g/mol. The largest absolute Gasteiger partial charge is 0.493 e. The smallest absolute Gasteiger partial charge is 0.269 e. The second-order valence-electron chi connectivity index (χ2n) is 6.55. The molecule has 142 valence electrons. The number of nitro benzene ring substituents is 1. The number of amides is 1. The van der Waals surface area contributed by atoms with Gasteiger partial charge in [-0.2, -0.15) is 0 Å². The Hall–Kier alpha value is -3.09. The van der Waals surface area contributed by atoms with Crippen LogP contribution in [0.25, 0.3) is 0 Å². The third-order valence-electron chi connectivity index (χ3n) is 4.66. The number of hydrogen-bond acceptors (Lipinski definition) is 5. The van der Waals surface area contributed by atoms with Gasteiger partial charge in [0.25, 0.3) is 5.69 Å². The van der Waals surface area contributed by atoms with Gasteiger partial charge in [-0.25, -0.2) is 0 Å². The van der Waals surface area contributed by atoms with Crippen LogP contribution in [0.3, 0.4) is 0 Å². The lowest BCUT2D eigenvalue weighted by Crippen LogP contribution is -2.49. The Kier molecular flexibility index (Phi) is 5.90. The highest BCUT2D eigenvalue weighted by Gasteiger charge is 2.21. The van der Waals surface area contributed by atoms with Crippen molar-refractivity contribution in [3.63, 3.8) is 0 Å². The second kappa shape index (κ2) is 8.53. The van der Waals surface area contributed by atoms with Gasteiger partial charge in [-0.1, -0.05) is 17.7 Å². The average Bonchev–Trinajstić information content (AvgIpc) is 2.69. The molecule has 27 heavy (non-hydrogen) atoms. The average molecular weight is 369 g/mol. The van der Waals surface area contributed by atoms with Crippen molar-refractivity contribution >= 4 is 17.3 Å². The molecule has 1 fully saturated rings. The molecule has 0 radical (unpaired) electrons. The molecule has 7 heteroatoms. The number of carbonyl (C=O) groups excluding carboxylic acids is 1. The van der Waals surface area contributed by atoms with Crippen LogP contribution in [-0.2, 0) is 4.79 Å². The van der Waals surface area contributed by atoms with Crippen LogP contribution in [0, 0.1) is 17.0 Å². The summed E-state index contributed by atoms with van der Waals surface area (Å²) in [5.74, 6) is 0.863. The molecule has 1 heterocycles. The Labute approximate surface area is 158 Å². The zero-order chi connectivity index (χ0) is 19.2. The Balaban J connectivity index is 1.43. The summed E-state index contributed by atoms with van der Waals surface area (Å²) in [5, 5.41) is 10.7. The lowest BCUT2D eigenvalue weighted by Gasteiger charge is -2.36. The number of anilines is 1. The van der Waals surface area contributed by atoms with Gasteiger partial charge in [-0.05, 0) is 31.2 Å². The SMILES string of the molecule is Cc1ccc(OCCC(=O)N2CCN(c3ccc([N+](=O)[O-])cc3)CC2)cc1. The van der Waals surface area contributed by atoms with Gasteiger partial charge in [-0.15, -0.1) is 0 Å². The first-order valence-electron chi connectivity index (χ1n) is 8.99. The van der Waals surface area contributed by atoms with Gasteiger partial charge in [0.2, 0.25) is 5.91 Å². The molecule has 1 aliphatic rings. The quantitative estimate of drug-likeness (QED) is 0.578. The normalized spacial score (nSPS) is 14.1. The van der Waals surface area contributed by atoms with Crippen LogP contribution >= 0.6 is 0 Å². The molecule has 0 N–H and O–H groups in total. The third-order valence-corrected chi connectivity index (χ3v) is 4.66. The van der Waals surface area contributed by atoms with Crippen molar-refractivity contribution in [2.75, 3.05) is 37.7 Å². The minimum Gasteiger partial charge on any atom is -0.493 e. The van der Waals surface area contributed by atoms with Crippen molar-refractivity contribution in [2.45, 2.75) is 13.3 Å². The number of benzene rings is 2. The highest BCUT2D eigenvalue weighted by molar-refractivity contribution is 5.76.